The van der Waals surface area contributed by atoms with Gasteiger partial charge in [0.15, 0.2) is 0 Å². The lowest BCUT2D eigenvalue weighted by molar-refractivity contribution is 0.201. The zero-order chi connectivity index (χ0) is 8.66. The SMILES string of the molecule is CCC1(C)CNCCNC12CC2. The van der Waals surface area contributed by atoms with Crippen molar-refractivity contribution in [1.82, 2.24) is 10.6 Å². The van der Waals surface area contributed by atoms with Gasteiger partial charge in [-0.3, -0.25) is 0 Å². The maximum atomic E-state index is 3.71. The fraction of sp³-hybridized carbons (Fsp3) is 1.00. The van der Waals surface area contributed by atoms with Gasteiger partial charge in [-0.25, -0.2) is 0 Å². The molecule has 0 aromatic carbocycles. The van der Waals surface area contributed by atoms with Crippen molar-refractivity contribution in [2.45, 2.75) is 38.6 Å². The summed E-state index contributed by atoms with van der Waals surface area (Å²) in [6, 6.07) is 0. The van der Waals surface area contributed by atoms with Gasteiger partial charge in [-0.1, -0.05) is 13.8 Å². The summed E-state index contributed by atoms with van der Waals surface area (Å²) >= 11 is 0. The second-order valence-electron chi connectivity index (χ2n) is 4.60. The van der Waals surface area contributed by atoms with E-state index in [9.17, 15) is 0 Å². The molecule has 2 rings (SSSR count). The van der Waals surface area contributed by atoms with Crippen molar-refractivity contribution in [3.8, 4) is 0 Å². The molecule has 1 saturated heterocycles. The van der Waals surface area contributed by atoms with Gasteiger partial charge in [-0.05, 0) is 24.7 Å². The van der Waals surface area contributed by atoms with E-state index >= 15 is 0 Å². The van der Waals surface area contributed by atoms with Gasteiger partial charge in [0.2, 0.25) is 0 Å². The highest BCUT2D eigenvalue weighted by Crippen LogP contribution is 2.51. The zero-order valence-corrected chi connectivity index (χ0v) is 8.24. The van der Waals surface area contributed by atoms with E-state index in [0.29, 0.717) is 11.0 Å². The summed E-state index contributed by atoms with van der Waals surface area (Å²) in [5.74, 6) is 0. The lowest BCUT2D eigenvalue weighted by Gasteiger charge is -2.36. The Bertz CT molecular complexity index is 175. The third kappa shape index (κ3) is 1.09. The van der Waals surface area contributed by atoms with E-state index in [1.54, 1.807) is 0 Å². The molecule has 1 heterocycles. The zero-order valence-electron chi connectivity index (χ0n) is 8.24. The van der Waals surface area contributed by atoms with Crippen LogP contribution in [0.5, 0.6) is 0 Å². The summed E-state index contributed by atoms with van der Waals surface area (Å²) in [5, 5.41) is 7.23. The molecule has 1 unspecified atom stereocenters. The maximum absolute atomic E-state index is 3.71. The van der Waals surface area contributed by atoms with Crippen LogP contribution in [0.4, 0.5) is 0 Å². The van der Waals surface area contributed by atoms with Gasteiger partial charge in [0, 0.05) is 25.2 Å². The molecule has 2 fully saturated rings. The number of hydrogen-bond donors (Lipinski definition) is 2. The van der Waals surface area contributed by atoms with Crippen LogP contribution < -0.4 is 10.6 Å². The van der Waals surface area contributed by atoms with Crippen LogP contribution in [0.3, 0.4) is 0 Å². The second kappa shape index (κ2) is 2.71. The Morgan fingerprint density at radius 1 is 1.25 bits per heavy atom. The largest absolute Gasteiger partial charge is 0.315 e. The average molecular weight is 168 g/mol. The fourth-order valence-corrected chi connectivity index (χ4v) is 2.51. The van der Waals surface area contributed by atoms with Crippen LogP contribution in [-0.4, -0.2) is 25.2 Å². The predicted molar refractivity (Wildman–Crippen MR) is 51.2 cm³/mol. The molecule has 1 aliphatic carbocycles. The molecule has 70 valence electrons. The van der Waals surface area contributed by atoms with Gasteiger partial charge in [0.25, 0.3) is 0 Å². The Morgan fingerprint density at radius 3 is 2.58 bits per heavy atom. The van der Waals surface area contributed by atoms with E-state index in [1.165, 1.54) is 25.8 Å². The molecule has 2 N–H and O–H groups in total. The minimum absolute atomic E-state index is 0.490. The molecule has 1 atom stereocenters. The molecule has 0 radical (unpaired) electrons. The summed E-state index contributed by atoms with van der Waals surface area (Å²) < 4.78 is 0. The average Bonchev–Trinajstić information content (AvgIpc) is 2.86. The molecule has 2 aliphatic rings. The summed E-state index contributed by atoms with van der Waals surface area (Å²) in [4.78, 5) is 0. The van der Waals surface area contributed by atoms with E-state index in [-0.39, 0.29) is 0 Å². The second-order valence-corrected chi connectivity index (χ2v) is 4.60. The highest BCUT2D eigenvalue weighted by molar-refractivity contribution is 5.14. The van der Waals surface area contributed by atoms with Gasteiger partial charge in [0.05, 0.1) is 0 Å². The topological polar surface area (TPSA) is 24.1 Å². The van der Waals surface area contributed by atoms with Crippen molar-refractivity contribution in [2.75, 3.05) is 19.6 Å². The lowest BCUT2D eigenvalue weighted by atomic mass is 9.77. The van der Waals surface area contributed by atoms with Gasteiger partial charge >= 0.3 is 0 Å². The van der Waals surface area contributed by atoms with Gasteiger partial charge < -0.3 is 10.6 Å². The van der Waals surface area contributed by atoms with E-state index in [1.807, 2.05) is 0 Å². The van der Waals surface area contributed by atoms with Crippen molar-refractivity contribution in [3.63, 3.8) is 0 Å². The lowest BCUT2D eigenvalue weighted by Crippen LogP contribution is -2.47. The Labute approximate surface area is 75.1 Å². The molecule has 12 heavy (non-hydrogen) atoms. The van der Waals surface area contributed by atoms with Crippen LogP contribution >= 0.6 is 0 Å². The maximum Gasteiger partial charge on any atom is 0.0249 e. The number of hydrogen-bond acceptors (Lipinski definition) is 2. The minimum atomic E-state index is 0.490. The van der Waals surface area contributed by atoms with Crippen LogP contribution in [0.1, 0.15) is 33.1 Å². The Morgan fingerprint density at radius 2 is 2.00 bits per heavy atom. The van der Waals surface area contributed by atoms with E-state index in [0.717, 1.165) is 13.1 Å². The van der Waals surface area contributed by atoms with Crippen molar-refractivity contribution < 1.29 is 0 Å². The van der Waals surface area contributed by atoms with Crippen LogP contribution in [0, 0.1) is 5.41 Å². The molecular weight excluding hydrogens is 148 g/mol. The predicted octanol–water partition coefficient (Wildman–Crippen LogP) is 1.13. The van der Waals surface area contributed by atoms with E-state index in [2.05, 4.69) is 24.5 Å². The summed E-state index contributed by atoms with van der Waals surface area (Å²) in [6.45, 7) is 8.21. The standard InChI is InChI=1S/C10H20N2/c1-3-9(2)8-11-6-7-12-10(9)4-5-10/h11-12H,3-8H2,1-2H3. The summed E-state index contributed by atoms with van der Waals surface area (Å²) in [7, 11) is 0. The van der Waals surface area contributed by atoms with Crippen molar-refractivity contribution in [1.29, 1.82) is 0 Å². The quantitative estimate of drug-likeness (QED) is 0.613. The molecular formula is C10H20N2. The molecule has 0 aromatic rings. The van der Waals surface area contributed by atoms with Crippen LogP contribution in [0.2, 0.25) is 0 Å². The molecule has 1 aliphatic heterocycles. The van der Waals surface area contributed by atoms with E-state index < -0.39 is 0 Å². The van der Waals surface area contributed by atoms with Crippen LogP contribution in [0.15, 0.2) is 0 Å². The first-order chi connectivity index (χ1) is 5.72. The van der Waals surface area contributed by atoms with Crippen LogP contribution in [0.25, 0.3) is 0 Å². The molecule has 2 heteroatoms. The number of rotatable bonds is 1. The molecule has 0 amide bonds. The first kappa shape index (κ1) is 8.52. The Balaban J connectivity index is 2.16. The normalized spacial score (nSPS) is 39.5. The van der Waals surface area contributed by atoms with Gasteiger partial charge in [-0.2, -0.15) is 0 Å². The fourth-order valence-electron chi connectivity index (χ4n) is 2.51. The van der Waals surface area contributed by atoms with Gasteiger partial charge in [-0.15, -0.1) is 0 Å². The van der Waals surface area contributed by atoms with Crippen LogP contribution in [-0.2, 0) is 0 Å². The molecule has 2 nitrogen and oxygen atoms in total. The third-order valence-electron chi connectivity index (χ3n) is 3.97. The Kier molecular flexibility index (Phi) is 1.92. The summed E-state index contributed by atoms with van der Waals surface area (Å²) in [5.41, 5.74) is 0.995. The van der Waals surface area contributed by atoms with Crippen molar-refractivity contribution >= 4 is 0 Å². The molecule has 0 aromatic heterocycles. The smallest absolute Gasteiger partial charge is 0.0249 e. The molecule has 1 saturated carbocycles. The third-order valence-corrected chi connectivity index (χ3v) is 3.97. The summed E-state index contributed by atoms with van der Waals surface area (Å²) in [6.07, 6.45) is 4.06. The Hall–Kier alpha value is -0.0800. The molecule has 1 spiro atoms. The van der Waals surface area contributed by atoms with Crippen molar-refractivity contribution in [3.05, 3.63) is 0 Å². The first-order valence-corrected chi connectivity index (χ1v) is 5.18. The molecule has 0 bridgehead atoms. The highest BCUT2D eigenvalue weighted by atomic mass is 15.1. The van der Waals surface area contributed by atoms with Gasteiger partial charge in [0.1, 0.15) is 0 Å². The van der Waals surface area contributed by atoms with Crippen molar-refractivity contribution in [2.24, 2.45) is 5.41 Å². The number of nitrogens with one attached hydrogen (secondary N) is 2. The highest BCUT2D eigenvalue weighted by Gasteiger charge is 2.55. The first-order valence-electron chi connectivity index (χ1n) is 5.18. The minimum Gasteiger partial charge on any atom is -0.315 e. The monoisotopic (exact) mass is 168 g/mol. The van der Waals surface area contributed by atoms with E-state index in [4.69, 9.17) is 0 Å².